The molecular formula is C30H56N8O5. The number of amides is 7. The molecule has 2 fully saturated rings. The molecule has 0 bridgehead atoms. The van der Waals surface area contributed by atoms with Crippen molar-refractivity contribution in [2.45, 2.75) is 103 Å². The zero-order valence-electron chi connectivity index (χ0n) is 27.0. The number of urea groups is 3. The van der Waals surface area contributed by atoms with Gasteiger partial charge in [-0.1, -0.05) is 0 Å². The molecular weight excluding hydrogens is 552 g/mol. The summed E-state index contributed by atoms with van der Waals surface area (Å²) >= 11 is 0. The number of hydrogen-bond donors (Lipinski definition) is 4. The molecule has 2 aliphatic rings. The van der Waals surface area contributed by atoms with Crippen LogP contribution in [0.2, 0.25) is 0 Å². The highest BCUT2D eigenvalue weighted by atomic mass is 16.2. The third-order valence-corrected chi connectivity index (χ3v) is 8.84. The van der Waals surface area contributed by atoms with Gasteiger partial charge in [-0.2, -0.15) is 0 Å². The highest BCUT2D eigenvalue weighted by Crippen LogP contribution is 2.26. The monoisotopic (exact) mass is 608 g/mol. The molecule has 4 N–H and O–H groups in total. The molecule has 3 unspecified atom stereocenters. The summed E-state index contributed by atoms with van der Waals surface area (Å²) in [6.07, 6.45) is 8.18. The lowest BCUT2D eigenvalue weighted by Gasteiger charge is -2.30. The molecule has 2 saturated heterocycles. The summed E-state index contributed by atoms with van der Waals surface area (Å²) in [5.41, 5.74) is 0. The zero-order chi connectivity index (χ0) is 31.8. The maximum atomic E-state index is 12.8. The number of hydrogen-bond acceptors (Lipinski definition) is 7. The molecule has 7 amide bonds. The van der Waals surface area contributed by atoms with Gasteiger partial charge in [0.25, 0.3) is 0 Å². The highest BCUT2D eigenvalue weighted by Gasteiger charge is 2.35. The summed E-state index contributed by atoms with van der Waals surface area (Å²) in [7, 11) is 3.79. The number of unbranched alkanes of at least 4 members (excludes halogenated alkanes) is 1. The zero-order valence-corrected chi connectivity index (χ0v) is 27.0. The molecule has 4 atom stereocenters. The van der Waals surface area contributed by atoms with Crippen molar-refractivity contribution in [2.24, 2.45) is 0 Å². The number of likely N-dealkylation sites (N-methyl/N-ethyl adjacent to an activating group) is 1. The van der Waals surface area contributed by atoms with Gasteiger partial charge in [0.2, 0.25) is 5.91 Å². The lowest BCUT2D eigenvalue weighted by Crippen LogP contribution is -2.52. The maximum Gasteiger partial charge on any atom is 0.324 e. The van der Waals surface area contributed by atoms with Crippen LogP contribution in [-0.2, 0) is 9.59 Å². The van der Waals surface area contributed by atoms with E-state index in [1.54, 1.807) is 28.7 Å². The smallest absolute Gasteiger partial charge is 0.324 e. The largest absolute Gasteiger partial charge is 0.338 e. The van der Waals surface area contributed by atoms with Crippen molar-refractivity contribution in [3.05, 3.63) is 0 Å². The van der Waals surface area contributed by atoms with Crippen molar-refractivity contribution in [1.82, 2.24) is 40.9 Å². The molecule has 0 radical (unpaired) electrons. The fourth-order valence-electron chi connectivity index (χ4n) is 5.88. The molecule has 0 aromatic heterocycles. The van der Waals surface area contributed by atoms with Gasteiger partial charge >= 0.3 is 18.1 Å². The standard InChI is InChI=1S/C30H56N8O5/c1-6-36(20-15-26-13-12-23(2)38(26)30(43)34-27(40)24(3)31-4)28(41)32-16-7-8-17-33-29(42)37(19-10-22-39)21-14-25-11-9-18-35(25)5/h22-26,31H,6-21H2,1-5H3,(H,32,41)(H,33,42)(H,34,40,43)/t23?,24?,25-,26?/m0/s1. The Balaban J connectivity index is 1.69. The second-order valence-corrected chi connectivity index (χ2v) is 11.8. The van der Waals surface area contributed by atoms with Crippen LogP contribution in [0.1, 0.15) is 78.6 Å². The SMILES string of the molecule is CCN(CCC1CCC(C)N1C(=O)NC(=O)C(C)NC)C(=O)NCCCCNC(=O)N(CCC=O)CC[C@@H]1CCCN1C. The lowest BCUT2D eigenvalue weighted by atomic mass is 10.1. The fraction of sp³-hybridized carbons (Fsp3) is 0.833. The van der Waals surface area contributed by atoms with E-state index >= 15 is 0 Å². The fourth-order valence-corrected chi connectivity index (χ4v) is 5.88. The first-order valence-electron chi connectivity index (χ1n) is 16.1. The van der Waals surface area contributed by atoms with Crippen LogP contribution in [0.3, 0.4) is 0 Å². The summed E-state index contributed by atoms with van der Waals surface area (Å²) in [5.74, 6) is -0.359. The minimum atomic E-state index is -0.465. The number of nitrogens with one attached hydrogen (secondary N) is 4. The normalized spacial score (nSPS) is 20.9. The van der Waals surface area contributed by atoms with Gasteiger partial charge in [0.05, 0.1) is 6.04 Å². The average Bonchev–Trinajstić information content (AvgIpc) is 3.58. The number of aldehydes is 1. The number of nitrogens with zero attached hydrogens (tertiary/aromatic N) is 4. The Morgan fingerprint density at radius 3 is 2.14 bits per heavy atom. The van der Waals surface area contributed by atoms with E-state index in [9.17, 15) is 24.0 Å². The van der Waals surface area contributed by atoms with Crippen molar-refractivity contribution in [3.8, 4) is 0 Å². The first-order valence-corrected chi connectivity index (χ1v) is 16.1. The molecule has 0 aromatic rings. The van der Waals surface area contributed by atoms with Crippen molar-refractivity contribution in [2.75, 3.05) is 59.9 Å². The Morgan fingerprint density at radius 2 is 1.56 bits per heavy atom. The van der Waals surface area contributed by atoms with Crippen LogP contribution in [0.4, 0.5) is 14.4 Å². The minimum Gasteiger partial charge on any atom is -0.338 e. The van der Waals surface area contributed by atoms with Crippen molar-refractivity contribution < 1.29 is 24.0 Å². The quantitative estimate of drug-likeness (QED) is 0.146. The van der Waals surface area contributed by atoms with E-state index in [-0.39, 0.29) is 36.1 Å². The summed E-state index contributed by atoms with van der Waals surface area (Å²) in [6, 6.07) is -0.665. The van der Waals surface area contributed by atoms with Crippen LogP contribution in [0.5, 0.6) is 0 Å². The molecule has 13 nitrogen and oxygen atoms in total. The molecule has 43 heavy (non-hydrogen) atoms. The first-order chi connectivity index (χ1) is 20.6. The van der Waals surface area contributed by atoms with Gasteiger partial charge in [-0.25, -0.2) is 14.4 Å². The van der Waals surface area contributed by atoms with E-state index < -0.39 is 6.04 Å². The lowest BCUT2D eigenvalue weighted by molar-refractivity contribution is -0.121. The van der Waals surface area contributed by atoms with Crippen LogP contribution in [0.15, 0.2) is 0 Å². The van der Waals surface area contributed by atoms with E-state index in [4.69, 9.17) is 0 Å². The Morgan fingerprint density at radius 1 is 0.930 bits per heavy atom. The molecule has 0 saturated carbocycles. The Kier molecular flexibility index (Phi) is 16.3. The van der Waals surface area contributed by atoms with Gasteiger partial charge in [0.1, 0.15) is 6.29 Å². The summed E-state index contributed by atoms with van der Waals surface area (Å²) in [4.78, 5) is 69.0. The van der Waals surface area contributed by atoms with Gasteiger partial charge in [-0.05, 0) is 92.8 Å². The van der Waals surface area contributed by atoms with Crippen molar-refractivity contribution >= 4 is 30.3 Å². The van der Waals surface area contributed by atoms with Crippen LogP contribution in [0, 0.1) is 0 Å². The van der Waals surface area contributed by atoms with E-state index in [0.29, 0.717) is 58.2 Å². The number of imide groups is 1. The summed E-state index contributed by atoms with van der Waals surface area (Å²) < 4.78 is 0. The molecule has 0 aliphatic carbocycles. The second kappa shape index (κ2) is 19.4. The third kappa shape index (κ3) is 11.9. The second-order valence-electron chi connectivity index (χ2n) is 11.8. The van der Waals surface area contributed by atoms with Gasteiger partial charge in [0, 0.05) is 63.8 Å². The first kappa shape index (κ1) is 36.3. The summed E-state index contributed by atoms with van der Waals surface area (Å²) in [6.45, 7) is 9.80. The third-order valence-electron chi connectivity index (χ3n) is 8.84. The van der Waals surface area contributed by atoms with Crippen molar-refractivity contribution in [1.29, 1.82) is 0 Å². The highest BCUT2D eigenvalue weighted by molar-refractivity contribution is 5.97. The predicted octanol–water partition coefficient (Wildman–Crippen LogP) is 1.97. The van der Waals surface area contributed by atoms with E-state index in [0.717, 1.165) is 51.4 Å². The predicted molar refractivity (Wildman–Crippen MR) is 167 cm³/mol. The van der Waals surface area contributed by atoms with E-state index in [2.05, 4.69) is 33.2 Å². The van der Waals surface area contributed by atoms with Crippen LogP contribution in [-0.4, -0.2) is 134 Å². The molecule has 0 spiro atoms. The molecule has 13 heteroatoms. The topological polar surface area (TPSA) is 146 Å². The Bertz CT molecular complexity index is 906. The Labute approximate surface area is 257 Å². The van der Waals surface area contributed by atoms with Gasteiger partial charge in [-0.15, -0.1) is 0 Å². The number of likely N-dealkylation sites (tertiary alicyclic amines) is 2. The number of carbonyl (C=O) groups is 5. The molecule has 2 aliphatic heterocycles. The van der Waals surface area contributed by atoms with Crippen LogP contribution >= 0.6 is 0 Å². The Hall–Kier alpha value is -2.93. The van der Waals surface area contributed by atoms with Crippen molar-refractivity contribution in [3.63, 3.8) is 0 Å². The summed E-state index contributed by atoms with van der Waals surface area (Å²) in [5, 5.41) is 11.3. The van der Waals surface area contributed by atoms with Gasteiger partial charge in [0.15, 0.2) is 0 Å². The molecule has 0 aromatic carbocycles. The molecule has 246 valence electrons. The molecule has 2 heterocycles. The van der Waals surface area contributed by atoms with E-state index in [1.807, 2.05) is 13.8 Å². The average molecular weight is 609 g/mol. The van der Waals surface area contributed by atoms with Gasteiger partial charge in [-0.3, -0.25) is 10.1 Å². The van der Waals surface area contributed by atoms with Crippen LogP contribution in [0.25, 0.3) is 0 Å². The minimum absolute atomic E-state index is 0.0261. The number of rotatable bonds is 17. The molecule has 2 rings (SSSR count). The van der Waals surface area contributed by atoms with E-state index in [1.165, 1.54) is 6.42 Å². The van der Waals surface area contributed by atoms with Crippen LogP contribution < -0.4 is 21.3 Å². The maximum absolute atomic E-state index is 12.8. The van der Waals surface area contributed by atoms with Gasteiger partial charge < -0.3 is 40.3 Å². The number of carbonyl (C=O) groups excluding carboxylic acids is 5.